The minimum Gasteiger partial charge on any atom is -0.389 e. The smallest absolute Gasteiger partial charge is 0.0954 e. The molecule has 19 heavy (non-hydrogen) atoms. The number of rotatable bonds is 5. The van der Waals surface area contributed by atoms with Gasteiger partial charge in [-0.25, -0.2) is 0 Å². The molecule has 1 aromatic carbocycles. The number of aliphatic hydroxyl groups is 1. The molecule has 1 aliphatic rings. The van der Waals surface area contributed by atoms with Crippen LogP contribution in [0.25, 0.3) is 0 Å². The van der Waals surface area contributed by atoms with Crippen LogP contribution in [0.2, 0.25) is 0 Å². The van der Waals surface area contributed by atoms with Gasteiger partial charge in [-0.1, -0.05) is 31.2 Å². The largest absolute Gasteiger partial charge is 0.389 e. The predicted molar refractivity (Wildman–Crippen MR) is 77.3 cm³/mol. The summed E-state index contributed by atoms with van der Waals surface area (Å²) in [6.45, 7) is 9.06. The molecule has 1 unspecified atom stereocenters. The van der Waals surface area contributed by atoms with Crippen LogP contribution in [-0.2, 0) is 11.2 Å². The van der Waals surface area contributed by atoms with Gasteiger partial charge in [0.1, 0.15) is 0 Å². The van der Waals surface area contributed by atoms with Crippen molar-refractivity contribution in [2.24, 2.45) is 0 Å². The first-order valence-electron chi connectivity index (χ1n) is 7.14. The third kappa shape index (κ3) is 4.03. The molecular weight excluding hydrogens is 238 g/mol. The molecule has 0 aromatic heterocycles. The van der Waals surface area contributed by atoms with Gasteiger partial charge in [-0.15, -0.1) is 0 Å². The Bertz CT molecular complexity index is 411. The number of hydrogen-bond acceptors (Lipinski definition) is 3. The standard InChI is InChI=1S/C16H25NO2/c1-4-17(12-16(2,3)18)11-15-14-8-6-5-7-13(14)9-10-19-15/h5-8,15,18H,4,9-12H2,1-3H3. The summed E-state index contributed by atoms with van der Waals surface area (Å²) in [4.78, 5) is 2.26. The van der Waals surface area contributed by atoms with Gasteiger partial charge in [0.2, 0.25) is 0 Å². The van der Waals surface area contributed by atoms with Crippen LogP contribution in [0.15, 0.2) is 24.3 Å². The second-order valence-corrected chi connectivity index (χ2v) is 5.95. The second kappa shape index (κ2) is 6.04. The van der Waals surface area contributed by atoms with Gasteiger partial charge in [0.05, 0.1) is 18.3 Å². The molecule has 1 N–H and O–H groups in total. The predicted octanol–water partition coefficient (Wildman–Crippen LogP) is 2.39. The van der Waals surface area contributed by atoms with Crippen molar-refractivity contribution in [3.05, 3.63) is 35.4 Å². The molecule has 3 heteroatoms. The molecular formula is C16H25NO2. The van der Waals surface area contributed by atoms with Gasteiger partial charge in [-0.3, -0.25) is 4.90 Å². The lowest BCUT2D eigenvalue weighted by molar-refractivity contribution is -0.0110. The zero-order valence-corrected chi connectivity index (χ0v) is 12.2. The Labute approximate surface area is 116 Å². The van der Waals surface area contributed by atoms with E-state index in [9.17, 15) is 5.11 Å². The number of fused-ring (bicyclic) bond motifs is 1. The molecule has 0 aliphatic carbocycles. The second-order valence-electron chi connectivity index (χ2n) is 5.95. The molecule has 0 bridgehead atoms. The Balaban J connectivity index is 2.07. The number of likely N-dealkylation sites (N-methyl/N-ethyl adjacent to an activating group) is 1. The van der Waals surface area contributed by atoms with Crippen molar-refractivity contribution in [2.45, 2.75) is 38.9 Å². The molecule has 0 fully saturated rings. The lowest BCUT2D eigenvalue weighted by Gasteiger charge is -2.33. The van der Waals surface area contributed by atoms with Crippen LogP contribution in [0, 0.1) is 0 Å². The zero-order chi connectivity index (χ0) is 13.9. The Morgan fingerprint density at radius 1 is 1.37 bits per heavy atom. The highest BCUT2D eigenvalue weighted by Gasteiger charge is 2.25. The van der Waals surface area contributed by atoms with Crippen LogP contribution in [0.4, 0.5) is 0 Å². The highest BCUT2D eigenvalue weighted by atomic mass is 16.5. The van der Waals surface area contributed by atoms with E-state index in [0.29, 0.717) is 6.54 Å². The third-order valence-electron chi connectivity index (χ3n) is 3.57. The average molecular weight is 263 g/mol. The first-order valence-corrected chi connectivity index (χ1v) is 7.14. The Hall–Kier alpha value is -0.900. The molecule has 3 nitrogen and oxygen atoms in total. The molecule has 1 heterocycles. The van der Waals surface area contributed by atoms with Crippen molar-refractivity contribution in [1.82, 2.24) is 4.90 Å². The van der Waals surface area contributed by atoms with Crippen molar-refractivity contribution in [1.29, 1.82) is 0 Å². The molecule has 0 amide bonds. The number of ether oxygens (including phenoxy) is 1. The molecule has 106 valence electrons. The lowest BCUT2D eigenvalue weighted by Crippen LogP contribution is -2.41. The summed E-state index contributed by atoms with van der Waals surface area (Å²) in [6.07, 6.45) is 1.14. The van der Waals surface area contributed by atoms with Crippen LogP contribution < -0.4 is 0 Å². The maximum atomic E-state index is 9.96. The summed E-state index contributed by atoms with van der Waals surface area (Å²) < 4.78 is 5.93. The molecule has 1 atom stereocenters. The maximum absolute atomic E-state index is 9.96. The van der Waals surface area contributed by atoms with E-state index in [1.54, 1.807) is 0 Å². The summed E-state index contributed by atoms with van der Waals surface area (Å²) in [5.74, 6) is 0. The van der Waals surface area contributed by atoms with E-state index >= 15 is 0 Å². The quantitative estimate of drug-likeness (QED) is 0.885. The first kappa shape index (κ1) is 14.5. The number of nitrogens with zero attached hydrogens (tertiary/aromatic N) is 1. The highest BCUT2D eigenvalue weighted by molar-refractivity contribution is 5.31. The van der Waals surface area contributed by atoms with E-state index in [-0.39, 0.29) is 6.10 Å². The molecule has 2 rings (SSSR count). The van der Waals surface area contributed by atoms with Crippen molar-refractivity contribution in [2.75, 3.05) is 26.2 Å². The molecule has 1 aromatic rings. The summed E-state index contributed by atoms with van der Waals surface area (Å²) in [6, 6.07) is 8.52. The zero-order valence-electron chi connectivity index (χ0n) is 12.2. The molecule has 0 saturated heterocycles. The average Bonchev–Trinajstić information content (AvgIpc) is 2.37. The van der Waals surface area contributed by atoms with E-state index in [2.05, 4.69) is 36.1 Å². The van der Waals surface area contributed by atoms with E-state index in [4.69, 9.17) is 4.74 Å². The fourth-order valence-corrected chi connectivity index (χ4v) is 2.72. The van der Waals surface area contributed by atoms with Gasteiger partial charge >= 0.3 is 0 Å². The van der Waals surface area contributed by atoms with Gasteiger partial charge in [0, 0.05) is 13.1 Å². The van der Waals surface area contributed by atoms with Crippen LogP contribution in [0.3, 0.4) is 0 Å². The Kier molecular flexibility index (Phi) is 4.61. The molecule has 0 spiro atoms. The summed E-state index contributed by atoms with van der Waals surface area (Å²) >= 11 is 0. The van der Waals surface area contributed by atoms with Gasteiger partial charge in [-0.2, -0.15) is 0 Å². The summed E-state index contributed by atoms with van der Waals surface area (Å²) in [7, 11) is 0. The van der Waals surface area contributed by atoms with Gasteiger partial charge in [0.25, 0.3) is 0 Å². The van der Waals surface area contributed by atoms with E-state index in [1.165, 1.54) is 11.1 Å². The summed E-state index contributed by atoms with van der Waals surface area (Å²) in [5, 5.41) is 9.96. The Morgan fingerprint density at radius 3 is 2.79 bits per heavy atom. The van der Waals surface area contributed by atoms with Crippen molar-refractivity contribution >= 4 is 0 Å². The SMILES string of the molecule is CCN(CC1OCCc2ccccc21)CC(C)(C)O. The van der Waals surface area contributed by atoms with Crippen molar-refractivity contribution in [3.63, 3.8) is 0 Å². The summed E-state index contributed by atoms with van der Waals surface area (Å²) in [5.41, 5.74) is 2.05. The fraction of sp³-hybridized carbons (Fsp3) is 0.625. The molecule has 0 saturated carbocycles. The number of benzene rings is 1. The van der Waals surface area contributed by atoms with Crippen LogP contribution in [0.5, 0.6) is 0 Å². The Morgan fingerprint density at radius 2 is 2.11 bits per heavy atom. The minimum absolute atomic E-state index is 0.132. The van der Waals surface area contributed by atoms with Crippen molar-refractivity contribution < 1.29 is 9.84 Å². The van der Waals surface area contributed by atoms with Crippen LogP contribution in [-0.4, -0.2) is 41.8 Å². The van der Waals surface area contributed by atoms with E-state index < -0.39 is 5.60 Å². The van der Waals surface area contributed by atoms with Crippen LogP contribution >= 0.6 is 0 Å². The van der Waals surface area contributed by atoms with Gasteiger partial charge < -0.3 is 9.84 Å². The lowest BCUT2D eigenvalue weighted by atomic mass is 9.97. The molecule has 0 radical (unpaired) electrons. The van der Waals surface area contributed by atoms with Gasteiger partial charge in [-0.05, 0) is 37.9 Å². The fourth-order valence-electron chi connectivity index (χ4n) is 2.72. The minimum atomic E-state index is -0.663. The normalized spacial score (nSPS) is 19.5. The highest BCUT2D eigenvalue weighted by Crippen LogP contribution is 2.27. The first-order chi connectivity index (χ1) is 8.99. The van der Waals surface area contributed by atoms with Crippen molar-refractivity contribution in [3.8, 4) is 0 Å². The van der Waals surface area contributed by atoms with Gasteiger partial charge in [0.15, 0.2) is 0 Å². The molecule has 1 aliphatic heterocycles. The number of hydrogen-bond donors (Lipinski definition) is 1. The van der Waals surface area contributed by atoms with E-state index in [1.807, 2.05) is 13.8 Å². The van der Waals surface area contributed by atoms with Crippen LogP contribution in [0.1, 0.15) is 38.0 Å². The topological polar surface area (TPSA) is 32.7 Å². The monoisotopic (exact) mass is 263 g/mol. The van der Waals surface area contributed by atoms with E-state index in [0.717, 1.165) is 26.1 Å². The third-order valence-corrected chi connectivity index (χ3v) is 3.57. The maximum Gasteiger partial charge on any atom is 0.0954 e.